The molecule has 2 aliphatic rings. The number of aromatic nitrogens is 1. The van der Waals surface area contributed by atoms with Crippen LogP contribution in [0.25, 0.3) is 0 Å². The number of carbonyl (C=O) groups excluding carboxylic acids is 2. The van der Waals surface area contributed by atoms with Crippen LogP contribution in [-0.2, 0) is 27.8 Å². The number of hydrogen-bond acceptors (Lipinski definition) is 6. The number of carbonyl (C=O) groups is 2. The van der Waals surface area contributed by atoms with Crippen molar-refractivity contribution in [3.8, 4) is 0 Å². The van der Waals surface area contributed by atoms with E-state index in [0.29, 0.717) is 17.0 Å². The summed E-state index contributed by atoms with van der Waals surface area (Å²) in [6.07, 6.45) is 1.60. The number of fused-ring (bicyclic) bond motifs is 1. The molecule has 2 heterocycles. The van der Waals surface area contributed by atoms with E-state index in [9.17, 15) is 18.0 Å². The maximum atomic E-state index is 12.8. The summed E-state index contributed by atoms with van der Waals surface area (Å²) in [7, 11) is -3.73. The van der Waals surface area contributed by atoms with E-state index < -0.39 is 21.5 Å². The Morgan fingerprint density at radius 3 is 2.63 bits per heavy atom. The van der Waals surface area contributed by atoms with Crippen molar-refractivity contribution in [2.45, 2.75) is 50.1 Å². The predicted octanol–water partition coefficient (Wildman–Crippen LogP) is 1.54. The Kier molecular flexibility index (Phi) is 3.97. The van der Waals surface area contributed by atoms with Gasteiger partial charge in [-0.15, -0.1) is 0 Å². The van der Waals surface area contributed by atoms with Crippen LogP contribution in [-0.4, -0.2) is 35.8 Å². The van der Waals surface area contributed by atoms with Crippen molar-refractivity contribution in [3.63, 3.8) is 0 Å². The lowest BCUT2D eigenvalue weighted by Gasteiger charge is -2.26. The lowest BCUT2D eigenvalue weighted by Crippen LogP contribution is -2.42. The van der Waals surface area contributed by atoms with Crippen LogP contribution in [0.3, 0.4) is 0 Å². The first-order valence-corrected chi connectivity index (χ1v) is 10.1. The highest BCUT2D eigenvalue weighted by atomic mass is 32.2. The Balaban J connectivity index is 1.64. The molecule has 1 saturated carbocycles. The summed E-state index contributed by atoms with van der Waals surface area (Å²) in [5.74, 6) is -0.504. The van der Waals surface area contributed by atoms with Crippen molar-refractivity contribution >= 4 is 21.8 Å². The molecule has 2 aromatic rings. The van der Waals surface area contributed by atoms with Gasteiger partial charge < -0.3 is 4.52 Å². The molecule has 0 unspecified atom stereocenters. The molecule has 1 aromatic carbocycles. The van der Waals surface area contributed by atoms with Gasteiger partial charge in [-0.2, -0.15) is 0 Å². The van der Waals surface area contributed by atoms with Crippen molar-refractivity contribution in [1.29, 1.82) is 0 Å². The molecule has 9 heteroatoms. The van der Waals surface area contributed by atoms with E-state index in [1.165, 1.54) is 18.2 Å². The normalized spacial score (nSPS) is 18.5. The molecule has 1 N–H and O–H groups in total. The Hall–Kier alpha value is -2.52. The van der Waals surface area contributed by atoms with Gasteiger partial charge >= 0.3 is 0 Å². The monoisotopic (exact) mass is 389 g/mol. The first-order valence-electron chi connectivity index (χ1n) is 8.61. The van der Waals surface area contributed by atoms with Gasteiger partial charge in [-0.05, 0) is 44.4 Å². The lowest BCUT2D eigenvalue weighted by atomic mass is 9.98. The Bertz CT molecular complexity index is 1050. The third-order valence-corrected chi connectivity index (χ3v) is 6.52. The average molecular weight is 389 g/mol. The van der Waals surface area contributed by atoms with Gasteiger partial charge in [0.25, 0.3) is 5.91 Å². The summed E-state index contributed by atoms with van der Waals surface area (Å²) in [6, 6.07) is 5.96. The quantitative estimate of drug-likeness (QED) is 0.777. The van der Waals surface area contributed by atoms with Crippen LogP contribution in [0, 0.1) is 6.92 Å². The molecule has 1 aliphatic heterocycles. The summed E-state index contributed by atoms with van der Waals surface area (Å²) >= 11 is 0. The fourth-order valence-corrected chi connectivity index (χ4v) is 4.56. The van der Waals surface area contributed by atoms with Crippen LogP contribution in [0.5, 0.6) is 0 Å². The van der Waals surface area contributed by atoms with Gasteiger partial charge in [0.15, 0.2) is 5.76 Å². The molecule has 0 saturated heterocycles. The molecule has 1 fully saturated rings. The second-order valence-electron chi connectivity index (χ2n) is 7.38. The standard InChI is InChI=1S/C18H19N3O5S/c1-11-7-13(26-19-11)10-21-16(22)8-12-3-4-14(9-15(12)17(21)23)27(24,25)20-18(2)5-6-18/h3-4,7,9,20H,5-6,8,10H2,1-2H3. The van der Waals surface area contributed by atoms with Gasteiger partial charge in [0.05, 0.1) is 23.6 Å². The van der Waals surface area contributed by atoms with Gasteiger partial charge in [0.2, 0.25) is 15.9 Å². The highest BCUT2D eigenvalue weighted by molar-refractivity contribution is 7.89. The van der Waals surface area contributed by atoms with Gasteiger partial charge in [-0.25, -0.2) is 13.1 Å². The molecule has 0 radical (unpaired) electrons. The predicted molar refractivity (Wildman–Crippen MR) is 94.2 cm³/mol. The highest BCUT2D eigenvalue weighted by Crippen LogP contribution is 2.36. The van der Waals surface area contributed by atoms with Gasteiger partial charge in [-0.3, -0.25) is 14.5 Å². The van der Waals surface area contributed by atoms with Crippen molar-refractivity contribution in [2.75, 3.05) is 0 Å². The zero-order valence-electron chi connectivity index (χ0n) is 15.0. The van der Waals surface area contributed by atoms with Gasteiger partial charge in [-0.1, -0.05) is 11.2 Å². The van der Waals surface area contributed by atoms with E-state index >= 15 is 0 Å². The van der Waals surface area contributed by atoms with Crippen LogP contribution in [0.4, 0.5) is 0 Å². The van der Waals surface area contributed by atoms with Crippen LogP contribution < -0.4 is 4.72 Å². The molecular formula is C18H19N3O5S. The maximum absolute atomic E-state index is 12.8. The number of benzene rings is 1. The number of nitrogens with zero attached hydrogens (tertiary/aromatic N) is 2. The van der Waals surface area contributed by atoms with Gasteiger partial charge in [0.1, 0.15) is 0 Å². The molecule has 1 aromatic heterocycles. The van der Waals surface area contributed by atoms with E-state index in [0.717, 1.165) is 17.7 Å². The summed E-state index contributed by atoms with van der Waals surface area (Å²) in [5, 5.41) is 3.75. The third-order valence-electron chi connectivity index (χ3n) is 4.88. The minimum absolute atomic E-state index is 0.0209. The Morgan fingerprint density at radius 1 is 1.26 bits per heavy atom. The van der Waals surface area contributed by atoms with Crippen molar-refractivity contribution in [1.82, 2.24) is 14.8 Å². The maximum Gasteiger partial charge on any atom is 0.261 e. The van der Waals surface area contributed by atoms with E-state index in [4.69, 9.17) is 4.52 Å². The summed E-state index contributed by atoms with van der Waals surface area (Å²) < 4.78 is 32.9. The largest absolute Gasteiger partial charge is 0.359 e. The fraction of sp³-hybridized carbons (Fsp3) is 0.389. The molecule has 0 atom stereocenters. The van der Waals surface area contributed by atoms with Crippen LogP contribution in [0.1, 0.15) is 47.1 Å². The number of hydrogen-bond donors (Lipinski definition) is 1. The van der Waals surface area contributed by atoms with Gasteiger partial charge in [0, 0.05) is 17.2 Å². The molecule has 2 amide bonds. The van der Waals surface area contributed by atoms with Crippen molar-refractivity contribution in [3.05, 3.63) is 46.8 Å². The van der Waals surface area contributed by atoms with Crippen molar-refractivity contribution < 1.29 is 22.5 Å². The minimum atomic E-state index is -3.73. The SMILES string of the molecule is Cc1cc(CN2C(=O)Cc3ccc(S(=O)(=O)NC4(C)CC4)cc3C2=O)on1. The van der Waals surface area contributed by atoms with E-state index in [-0.39, 0.29) is 29.3 Å². The zero-order chi connectivity index (χ0) is 19.4. The second kappa shape index (κ2) is 6.00. The van der Waals surface area contributed by atoms with Crippen molar-refractivity contribution in [2.24, 2.45) is 0 Å². The lowest BCUT2D eigenvalue weighted by molar-refractivity contribution is -0.129. The summed E-state index contributed by atoms with van der Waals surface area (Å²) in [4.78, 5) is 26.3. The Morgan fingerprint density at radius 2 is 2.00 bits per heavy atom. The molecule has 1 aliphatic carbocycles. The molecule has 0 bridgehead atoms. The molecule has 8 nitrogen and oxygen atoms in total. The number of aryl methyl sites for hydroxylation is 1. The first-order chi connectivity index (χ1) is 12.7. The third kappa shape index (κ3) is 3.40. The van der Waals surface area contributed by atoms with E-state index in [2.05, 4.69) is 9.88 Å². The average Bonchev–Trinajstić information content (AvgIpc) is 3.16. The van der Waals surface area contributed by atoms with Crippen LogP contribution >= 0.6 is 0 Å². The van der Waals surface area contributed by atoms with Crippen LogP contribution in [0.15, 0.2) is 33.7 Å². The minimum Gasteiger partial charge on any atom is -0.359 e. The highest BCUT2D eigenvalue weighted by Gasteiger charge is 2.41. The molecule has 142 valence electrons. The Labute approximate surface area is 156 Å². The van der Waals surface area contributed by atoms with E-state index in [1.807, 2.05) is 6.92 Å². The number of amides is 2. The number of nitrogens with one attached hydrogen (secondary N) is 1. The molecule has 4 rings (SSSR count). The topological polar surface area (TPSA) is 110 Å². The molecule has 0 spiro atoms. The fourth-order valence-electron chi connectivity index (χ4n) is 3.07. The first kappa shape index (κ1) is 17.9. The number of imide groups is 1. The molecular weight excluding hydrogens is 370 g/mol. The summed E-state index contributed by atoms with van der Waals surface area (Å²) in [6.45, 7) is 3.55. The number of sulfonamides is 1. The second-order valence-corrected chi connectivity index (χ2v) is 9.06. The zero-order valence-corrected chi connectivity index (χ0v) is 15.8. The van der Waals surface area contributed by atoms with E-state index in [1.54, 1.807) is 13.0 Å². The summed E-state index contributed by atoms with van der Waals surface area (Å²) in [5.41, 5.74) is 0.974. The number of rotatable bonds is 5. The van der Waals surface area contributed by atoms with Crippen LogP contribution in [0.2, 0.25) is 0 Å². The molecule has 27 heavy (non-hydrogen) atoms. The smallest absolute Gasteiger partial charge is 0.261 e.